The molecule has 0 amide bonds. The highest BCUT2D eigenvalue weighted by Gasteiger charge is 2.01. The minimum Gasteiger partial charge on any atom is -0.264 e. The summed E-state index contributed by atoms with van der Waals surface area (Å²) in [5, 5.41) is 0. The fraction of sp³-hybridized carbons (Fsp3) is 0.154. The summed E-state index contributed by atoms with van der Waals surface area (Å²) in [6.07, 6.45) is 4.74. The van der Waals surface area contributed by atoms with E-state index in [1.165, 1.54) is 11.1 Å². The van der Waals surface area contributed by atoms with Crippen LogP contribution in [0.4, 0.5) is 0 Å². The van der Waals surface area contributed by atoms with Gasteiger partial charge in [0.05, 0.1) is 0 Å². The molecule has 0 bridgehead atoms. The predicted octanol–water partition coefficient (Wildman–Crippen LogP) is 4.07. The molecule has 0 N–H and O–H groups in total. The van der Waals surface area contributed by atoms with Gasteiger partial charge in [-0.2, -0.15) is 0 Å². The lowest BCUT2D eigenvalue weighted by Crippen LogP contribution is -1.83. The molecular weight excluding hydrogens is 250 g/mol. The fourth-order valence-electron chi connectivity index (χ4n) is 1.51. The van der Waals surface area contributed by atoms with Gasteiger partial charge in [-0.1, -0.05) is 47.1 Å². The molecule has 1 aromatic carbocycles. The van der Waals surface area contributed by atoms with Gasteiger partial charge in [0.2, 0.25) is 0 Å². The fourth-order valence-corrected chi connectivity index (χ4v) is 1.96. The highest BCUT2D eigenvalue weighted by Crippen LogP contribution is 2.26. The van der Waals surface area contributed by atoms with Gasteiger partial charge < -0.3 is 0 Å². The van der Waals surface area contributed by atoms with Crippen LogP contribution < -0.4 is 0 Å². The van der Waals surface area contributed by atoms with Crippen LogP contribution in [0, 0.1) is 0 Å². The molecule has 0 saturated carbocycles. The van der Waals surface area contributed by atoms with Crippen molar-refractivity contribution in [3.8, 4) is 11.1 Å². The molecule has 0 aliphatic carbocycles. The second-order valence-corrected chi connectivity index (χ2v) is 4.26. The van der Waals surface area contributed by atoms with Gasteiger partial charge in [-0.15, -0.1) is 0 Å². The van der Waals surface area contributed by atoms with Crippen molar-refractivity contribution in [2.75, 3.05) is 0 Å². The van der Waals surface area contributed by atoms with E-state index in [1.807, 2.05) is 12.3 Å². The highest BCUT2D eigenvalue weighted by atomic mass is 79.9. The van der Waals surface area contributed by atoms with Crippen molar-refractivity contribution in [1.29, 1.82) is 0 Å². The van der Waals surface area contributed by atoms with Crippen molar-refractivity contribution in [1.82, 2.24) is 4.98 Å². The van der Waals surface area contributed by atoms with Gasteiger partial charge in [-0.25, -0.2) is 0 Å². The molecule has 0 unspecified atom stereocenters. The van der Waals surface area contributed by atoms with Crippen molar-refractivity contribution in [3.05, 3.63) is 52.8 Å². The predicted molar refractivity (Wildman–Crippen MR) is 66.8 cm³/mol. The van der Waals surface area contributed by atoms with Gasteiger partial charge in [0.25, 0.3) is 0 Å². The number of benzene rings is 1. The minimum absolute atomic E-state index is 1.08. The van der Waals surface area contributed by atoms with Crippen LogP contribution in [0.3, 0.4) is 0 Å². The first kappa shape index (κ1) is 10.4. The number of halogens is 1. The molecular formula is C13H12BrN. The summed E-state index contributed by atoms with van der Waals surface area (Å²) in [6.45, 7) is 2.16. The molecule has 2 aromatic rings. The maximum Gasteiger partial charge on any atom is 0.0357 e. The van der Waals surface area contributed by atoms with Crippen molar-refractivity contribution in [3.63, 3.8) is 0 Å². The van der Waals surface area contributed by atoms with Gasteiger partial charge in [-0.05, 0) is 23.6 Å². The third-order valence-electron chi connectivity index (χ3n) is 2.44. The second kappa shape index (κ2) is 4.58. The van der Waals surface area contributed by atoms with Gasteiger partial charge in [0.1, 0.15) is 0 Å². The normalized spacial score (nSPS) is 10.3. The summed E-state index contributed by atoms with van der Waals surface area (Å²) in [5.41, 5.74) is 3.70. The van der Waals surface area contributed by atoms with E-state index < -0.39 is 0 Å². The van der Waals surface area contributed by atoms with Gasteiger partial charge in [-0.3, -0.25) is 4.98 Å². The number of aryl methyl sites for hydroxylation is 1. The molecule has 2 heteroatoms. The molecule has 76 valence electrons. The Morgan fingerprint density at radius 3 is 2.47 bits per heavy atom. The summed E-state index contributed by atoms with van der Waals surface area (Å²) < 4.78 is 1.08. The molecule has 0 aliphatic rings. The largest absolute Gasteiger partial charge is 0.264 e. The molecule has 15 heavy (non-hydrogen) atoms. The number of hydrogen-bond donors (Lipinski definition) is 0. The Hall–Kier alpha value is -1.15. The molecule has 0 aliphatic heterocycles. The van der Waals surface area contributed by atoms with Gasteiger partial charge >= 0.3 is 0 Å². The molecule has 1 nitrogen and oxygen atoms in total. The monoisotopic (exact) mass is 261 g/mol. The summed E-state index contributed by atoms with van der Waals surface area (Å²) in [5.74, 6) is 0. The Labute approximate surface area is 98.3 Å². The van der Waals surface area contributed by atoms with E-state index in [4.69, 9.17) is 0 Å². The van der Waals surface area contributed by atoms with Crippen molar-refractivity contribution in [2.45, 2.75) is 13.3 Å². The third kappa shape index (κ3) is 2.26. The van der Waals surface area contributed by atoms with E-state index in [9.17, 15) is 0 Å². The Morgan fingerprint density at radius 2 is 1.87 bits per heavy atom. The van der Waals surface area contributed by atoms with Gasteiger partial charge in [0, 0.05) is 22.4 Å². The van der Waals surface area contributed by atoms with E-state index in [-0.39, 0.29) is 0 Å². The first-order valence-corrected chi connectivity index (χ1v) is 5.79. The number of pyridine rings is 1. The number of aromatic nitrogens is 1. The Balaban J connectivity index is 2.42. The molecule has 0 saturated heterocycles. The maximum absolute atomic E-state index is 4.13. The van der Waals surface area contributed by atoms with E-state index in [0.29, 0.717) is 0 Å². The van der Waals surface area contributed by atoms with Gasteiger partial charge in [0.15, 0.2) is 0 Å². The van der Waals surface area contributed by atoms with Crippen LogP contribution in [0.2, 0.25) is 0 Å². The lowest BCUT2D eigenvalue weighted by Gasteiger charge is -2.04. The number of nitrogens with zero attached hydrogens (tertiary/aromatic N) is 1. The summed E-state index contributed by atoms with van der Waals surface area (Å²) in [6, 6.07) is 10.6. The van der Waals surface area contributed by atoms with E-state index in [2.05, 4.69) is 52.1 Å². The Morgan fingerprint density at radius 1 is 1.13 bits per heavy atom. The third-order valence-corrected chi connectivity index (χ3v) is 3.13. The van der Waals surface area contributed by atoms with E-state index >= 15 is 0 Å². The van der Waals surface area contributed by atoms with Crippen LogP contribution in [-0.2, 0) is 6.42 Å². The maximum atomic E-state index is 4.13. The average Bonchev–Trinajstić information content (AvgIpc) is 2.30. The first-order chi connectivity index (χ1) is 7.31. The number of rotatable bonds is 2. The minimum atomic E-state index is 1.08. The van der Waals surface area contributed by atoms with Crippen LogP contribution in [-0.4, -0.2) is 4.98 Å². The quantitative estimate of drug-likeness (QED) is 0.794. The Bertz CT molecular complexity index is 448. The van der Waals surface area contributed by atoms with Crippen LogP contribution in [0.1, 0.15) is 12.5 Å². The molecule has 0 fully saturated rings. The van der Waals surface area contributed by atoms with Crippen LogP contribution in [0.5, 0.6) is 0 Å². The average molecular weight is 262 g/mol. The molecule has 1 aromatic heterocycles. The smallest absolute Gasteiger partial charge is 0.0357 e. The SMILES string of the molecule is CCc1ccc(-c2cnccc2Br)cc1. The standard InChI is InChI=1S/C13H12BrN/c1-2-10-3-5-11(6-4-10)12-9-15-8-7-13(12)14/h3-9H,2H2,1H3. The number of hydrogen-bond acceptors (Lipinski definition) is 1. The zero-order chi connectivity index (χ0) is 10.7. The molecule has 1 heterocycles. The molecule has 0 atom stereocenters. The topological polar surface area (TPSA) is 12.9 Å². The van der Waals surface area contributed by atoms with E-state index in [0.717, 1.165) is 16.5 Å². The first-order valence-electron chi connectivity index (χ1n) is 5.00. The summed E-state index contributed by atoms with van der Waals surface area (Å²) >= 11 is 3.53. The van der Waals surface area contributed by atoms with Crippen molar-refractivity contribution in [2.24, 2.45) is 0 Å². The molecule has 0 spiro atoms. The van der Waals surface area contributed by atoms with Crippen LogP contribution in [0.25, 0.3) is 11.1 Å². The zero-order valence-electron chi connectivity index (χ0n) is 8.57. The van der Waals surface area contributed by atoms with E-state index in [1.54, 1.807) is 6.20 Å². The second-order valence-electron chi connectivity index (χ2n) is 3.41. The Kier molecular flexibility index (Phi) is 3.17. The summed E-state index contributed by atoms with van der Waals surface area (Å²) in [4.78, 5) is 4.13. The summed E-state index contributed by atoms with van der Waals surface area (Å²) in [7, 11) is 0. The highest BCUT2D eigenvalue weighted by molar-refractivity contribution is 9.10. The lowest BCUT2D eigenvalue weighted by molar-refractivity contribution is 1.14. The van der Waals surface area contributed by atoms with Crippen LogP contribution >= 0.6 is 15.9 Å². The van der Waals surface area contributed by atoms with Crippen molar-refractivity contribution < 1.29 is 0 Å². The lowest BCUT2D eigenvalue weighted by atomic mass is 10.0. The van der Waals surface area contributed by atoms with Crippen molar-refractivity contribution >= 4 is 15.9 Å². The zero-order valence-corrected chi connectivity index (χ0v) is 10.2. The molecule has 0 radical (unpaired) electrons. The molecule has 2 rings (SSSR count). The van der Waals surface area contributed by atoms with Crippen LogP contribution in [0.15, 0.2) is 47.2 Å².